The lowest BCUT2D eigenvalue weighted by atomic mass is 10.2. The Morgan fingerprint density at radius 3 is 2.77 bits per heavy atom. The van der Waals surface area contributed by atoms with Crippen molar-refractivity contribution in [1.29, 1.82) is 0 Å². The van der Waals surface area contributed by atoms with Crippen LogP contribution in [0.1, 0.15) is 5.82 Å². The third kappa shape index (κ3) is 3.43. The van der Waals surface area contributed by atoms with Crippen molar-refractivity contribution in [3.05, 3.63) is 91.5 Å². The lowest BCUT2D eigenvalue weighted by Gasteiger charge is -2.13. The van der Waals surface area contributed by atoms with Crippen molar-refractivity contribution in [1.82, 2.24) is 19.5 Å². The second-order valence-corrected chi connectivity index (χ2v) is 8.76. The molecule has 3 aromatic heterocycles. The van der Waals surface area contributed by atoms with Gasteiger partial charge in [-0.2, -0.15) is 0 Å². The van der Waals surface area contributed by atoms with Gasteiger partial charge in [-0.25, -0.2) is 9.97 Å². The normalized spacial score (nSPS) is 11.4. The van der Waals surface area contributed by atoms with Crippen molar-refractivity contribution in [2.75, 3.05) is 0 Å². The van der Waals surface area contributed by atoms with Crippen LogP contribution in [-0.4, -0.2) is 19.5 Å². The largest absolute Gasteiger partial charge is 0.309 e. The van der Waals surface area contributed by atoms with E-state index in [0.29, 0.717) is 48.6 Å². The van der Waals surface area contributed by atoms with Crippen LogP contribution in [0.3, 0.4) is 0 Å². The predicted molar refractivity (Wildman–Crippen MR) is 122 cm³/mol. The van der Waals surface area contributed by atoms with Crippen molar-refractivity contribution in [3.8, 4) is 5.69 Å². The summed E-state index contributed by atoms with van der Waals surface area (Å²) in [6.45, 7) is 0. The van der Waals surface area contributed by atoms with Gasteiger partial charge in [0.2, 0.25) is 0 Å². The molecular formula is C21H13ClN4O2S2. The summed E-state index contributed by atoms with van der Waals surface area (Å²) in [4.78, 5) is 37.5. The maximum Gasteiger partial charge on any atom is 0.268 e. The molecule has 3 heterocycles. The standard InChI is InChI=1S/C21H13ClN4O2S2/c22-12-4-3-5-13(10-12)26-20(28)14-6-1-2-7-15(14)24-21(26)30-11-17-23-16-8-9-29-18(16)19(27)25-17/h1-10H,11H2,(H,23,25,27). The minimum Gasteiger partial charge on any atom is -0.309 e. The number of rotatable bonds is 4. The summed E-state index contributed by atoms with van der Waals surface area (Å²) < 4.78 is 2.14. The van der Waals surface area contributed by atoms with Crippen molar-refractivity contribution < 1.29 is 0 Å². The summed E-state index contributed by atoms with van der Waals surface area (Å²) in [6.07, 6.45) is 0. The minimum absolute atomic E-state index is 0.163. The molecule has 5 aromatic rings. The topological polar surface area (TPSA) is 80.6 Å². The number of benzene rings is 2. The zero-order valence-electron chi connectivity index (χ0n) is 15.3. The summed E-state index contributed by atoms with van der Waals surface area (Å²) in [6, 6.07) is 16.1. The number of aromatic nitrogens is 4. The molecule has 0 saturated carbocycles. The molecule has 0 saturated heterocycles. The summed E-state index contributed by atoms with van der Waals surface area (Å²) in [5, 5.41) is 3.38. The molecule has 0 spiro atoms. The SMILES string of the molecule is O=c1[nH]c(CSc2nc3ccccc3c(=O)n2-c2cccc(Cl)c2)nc2ccsc12. The van der Waals surface area contributed by atoms with E-state index in [2.05, 4.69) is 9.97 Å². The maximum absolute atomic E-state index is 13.3. The van der Waals surface area contributed by atoms with Gasteiger partial charge in [-0.3, -0.25) is 14.2 Å². The van der Waals surface area contributed by atoms with Crippen molar-refractivity contribution in [2.45, 2.75) is 10.9 Å². The van der Waals surface area contributed by atoms with Crippen molar-refractivity contribution in [2.24, 2.45) is 0 Å². The van der Waals surface area contributed by atoms with Crippen LogP contribution in [0.5, 0.6) is 0 Å². The molecule has 0 bridgehead atoms. The van der Waals surface area contributed by atoms with Crippen LogP contribution in [0.4, 0.5) is 0 Å². The molecule has 148 valence electrons. The van der Waals surface area contributed by atoms with Crippen LogP contribution in [-0.2, 0) is 5.75 Å². The van der Waals surface area contributed by atoms with Gasteiger partial charge in [-0.1, -0.05) is 41.6 Å². The molecule has 0 aliphatic rings. The van der Waals surface area contributed by atoms with Crippen LogP contribution in [0.25, 0.3) is 26.8 Å². The zero-order chi connectivity index (χ0) is 20.7. The summed E-state index contributed by atoms with van der Waals surface area (Å²) in [7, 11) is 0. The second-order valence-electron chi connectivity index (χ2n) is 6.47. The average Bonchev–Trinajstić information content (AvgIpc) is 3.22. The summed E-state index contributed by atoms with van der Waals surface area (Å²) >= 11 is 8.85. The molecule has 0 radical (unpaired) electrons. The van der Waals surface area contributed by atoms with E-state index in [0.717, 1.165) is 0 Å². The van der Waals surface area contributed by atoms with E-state index in [-0.39, 0.29) is 11.1 Å². The van der Waals surface area contributed by atoms with Gasteiger partial charge in [-0.05, 0) is 41.8 Å². The quantitative estimate of drug-likeness (QED) is 0.317. The molecule has 5 rings (SSSR count). The number of fused-ring (bicyclic) bond motifs is 2. The lowest BCUT2D eigenvalue weighted by molar-refractivity contribution is 0.818. The van der Waals surface area contributed by atoms with E-state index in [1.165, 1.54) is 23.1 Å². The van der Waals surface area contributed by atoms with Gasteiger partial charge in [0.15, 0.2) is 5.16 Å². The number of thiophene rings is 1. The highest BCUT2D eigenvalue weighted by atomic mass is 35.5. The molecular weight excluding hydrogens is 440 g/mol. The van der Waals surface area contributed by atoms with Crippen LogP contribution in [0.15, 0.2) is 74.7 Å². The van der Waals surface area contributed by atoms with E-state index < -0.39 is 0 Å². The van der Waals surface area contributed by atoms with Crippen molar-refractivity contribution in [3.63, 3.8) is 0 Å². The molecule has 2 aromatic carbocycles. The number of hydrogen-bond donors (Lipinski definition) is 1. The Kier molecular flexibility index (Phi) is 4.90. The number of aromatic amines is 1. The fraction of sp³-hybridized carbons (Fsp3) is 0.0476. The molecule has 0 unspecified atom stereocenters. The molecule has 0 aliphatic carbocycles. The zero-order valence-corrected chi connectivity index (χ0v) is 17.7. The molecule has 0 atom stereocenters. The van der Waals surface area contributed by atoms with Crippen LogP contribution >= 0.6 is 34.7 Å². The van der Waals surface area contributed by atoms with Crippen molar-refractivity contribution >= 4 is 55.8 Å². The van der Waals surface area contributed by atoms with Gasteiger partial charge in [0.1, 0.15) is 10.5 Å². The third-order valence-corrected chi connectivity index (χ3v) is 6.60. The van der Waals surface area contributed by atoms with Crippen LogP contribution < -0.4 is 11.1 Å². The van der Waals surface area contributed by atoms with Gasteiger partial charge in [0.25, 0.3) is 11.1 Å². The molecule has 1 N–H and O–H groups in total. The van der Waals surface area contributed by atoms with Crippen LogP contribution in [0.2, 0.25) is 5.02 Å². The minimum atomic E-state index is -0.180. The molecule has 0 fully saturated rings. The van der Waals surface area contributed by atoms with Gasteiger partial charge in [0, 0.05) is 5.02 Å². The highest BCUT2D eigenvalue weighted by Crippen LogP contribution is 2.25. The highest BCUT2D eigenvalue weighted by Gasteiger charge is 2.15. The Labute approximate surface area is 183 Å². The molecule has 0 aliphatic heterocycles. The van der Waals surface area contributed by atoms with E-state index in [9.17, 15) is 9.59 Å². The van der Waals surface area contributed by atoms with E-state index in [1.807, 2.05) is 29.6 Å². The average molecular weight is 453 g/mol. The highest BCUT2D eigenvalue weighted by molar-refractivity contribution is 7.98. The number of hydrogen-bond acceptors (Lipinski definition) is 6. The smallest absolute Gasteiger partial charge is 0.268 e. The molecule has 0 amide bonds. The van der Waals surface area contributed by atoms with Gasteiger partial charge in [-0.15, -0.1) is 11.3 Å². The maximum atomic E-state index is 13.3. The second kappa shape index (κ2) is 7.71. The molecule has 30 heavy (non-hydrogen) atoms. The number of thioether (sulfide) groups is 1. The Hall–Kier alpha value is -2.94. The predicted octanol–water partition coefficient (Wildman–Crippen LogP) is 4.63. The first-order chi connectivity index (χ1) is 14.6. The fourth-order valence-electron chi connectivity index (χ4n) is 3.17. The fourth-order valence-corrected chi connectivity index (χ4v) is 4.97. The third-order valence-electron chi connectivity index (χ3n) is 4.51. The number of halogens is 1. The monoisotopic (exact) mass is 452 g/mol. The summed E-state index contributed by atoms with van der Waals surface area (Å²) in [5.74, 6) is 0.878. The first-order valence-electron chi connectivity index (χ1n) is 8.97. The number of nitrogens with zero attached hydrogens (tertiary/aromatic N) is 3. The lowest BCUT2D eigenvalue weighted by Crippen LogP contribution is -2.22. The van der Waals surface area contributed by atoms with Gasteiger partial charge < -0.3 is 4.98 Å². The number of H-pyrrole nitrogens is 1. The Bertz CT molecular complexity index is 1520. The summed E-state index contributed by atoms with van der Waals surface area (Å²) in [5.41, 5.74) is 1.56. The van der Waals surface area contributed by atoms with Crippen LogP contribution in [0, 0.1) is 0 Å². The van der Waals surface area contributed by atoms with E-state index >= 15 is 0 Å². The van der Waals surface area contributed by atoms with Gasteiger partial charge in [0.05, 0.1) is 27.9 Å². The molecule has 6 nitrogen and oxygen atoms in total. The number of nitrogens with one attached hydrogen (secondary N) is 1. The van der Waals surface area contributed by atoms with E-state index in [4.69, 9.17) is 16.6 Å². The van der Waals surface area contributed by atoms with E-state index in [1.54, 1.807) is 34.9 Å². The Morgan fingerprint density at radius 1 is 1.03 bits per heavy atom. The Morgan fingerprint density at radius 2 is 1.90 bits per heavy atom. The van der Waals surface area contributed by atoms with Gasteiger partial charge >= 0.3 is 0 Å². The Balaban J connectivity index is 1.62. The first kappa shape index (κ1) is 19.0. The molecule has 9 heteroatoms. The first-order valence-corrected chi connectivity index (χ1v) is 11.2. The number of para-hydroxylation sites is 1.